The highest BCUT2D eigenvalue weighted by Crippen LogP contribution is 2.26. The van der Waals surface area contributed by atoms with Crippen molar-refractivity contribution in [2.24, 2.45) is 0 Å². The average Bonchev–Trinajstić information content (AvgIpc) is 2.46. The summed E-state index contributed by atoms with van der Waals surface area (Å²) >= 11 is 0. The van der Waals surface area contributed by atoms with Crippen LogP contribution in [0, 0.1) is 6.92 Å². The van der Waals surface area contributed by atoms with Gasteiger partial charge in [-0.15, -0.1) is 0 Å². The van der Waals surface area contributed by atoms with E-state index in [9.17, 15) is 9.00 Å². The van der Waals surface area contributed by atoms with Gasteiger partial charge in [0.1, 0.15) is 5.78 Å². The lowest BCUT2D eigenvalue weighted by atomic mass is 9.98. The van der Waals surface area contributed by atoms with Crippen LogP contribution in [-0.2, 0) is 15.6 Å². The van der Waals surface area contributed by atoms with Gasteiger partial charge in [0.05, 0.1) is 10.8 Å². The third-order valence-electron chi connectivity index (χ3n) is 3.43. The van der Waals surface area contributed by atoms with Gasteiger partial charge in [-0.1, -0.05) is 42.8 Å². The summed E-state index contributed by atoms with van der Waals surface area (Å²) in [7, 11) is -1.26. The highest BCUT2D eigenvalue weighted by atomic mass is 32.2. The van der Waals surface area contributed by atoms with E-state index < -0.39 is 10.8 Å². The Bertz CT molecular complexity index is 644. The van der Waals surface area contributed by atoms with Crippen LogP contribution >= 0.6 is 0 Å². The molecule has 1 unspecified atom stereocenters. The summed E-state index contributed by atoms with van der Waals surface area (Å²) in [6, 6.07) is 15.1. The number of carbonyl (C=O) groups is 1. The number of Topliss-reactive ketones (excluding diaryl/α,β-unsaturated/α-hetero) is 1. The quantitative estimate of drug-likeness (QED) is 0.855. The number of rotatable bonds is 4. The van der Waals surface area contributed by atoms with E-state index in [-0.39, 0.29) is 11.7 Å². The van der Waals surface area contributed by atoms with Crippen LogP contribution in [0.5, 0.6) is 0 Å². The monoisotopic (exact) mass is 286 g/mol. The van der Waals surface area contributed by atoms with Crippen LogP contribution in [-0.4, -0.2) is 9.99 Å². The highest BCUT2D eigenvalue weighted by molar-refractivity contribution is 7.85. The standard InChI is InChI=1S/C17H18O2S/c1-12-8-10-15(11-9-12)20(19)17-7-5-4-6-16(17)13(2)14(3)18/h4-11,13H,1-3H3/t13?,20-/m0/s1. The zero-order valence-corrected chi connectivity index (χ0v) is 12.7. The van der Waals surface area contributed by atoms with E-state index in [4.69, 9.17) is 0 Å². The Hall–Kier alpha value is -1.74. The fraction of sp³-hybridized carbons (Fsp3) is 0.235. The average molecular weight is 286 g/mol. The molecule has 0 N–H and O–H groups in total. The Morgan fingerprint density at radius 1 is 1.05 bits per heavy atom. The molecule has 2 atom stereocenters. The zero-order valence-electron chi connectivity index (χ0n) is 11.9. The molecule has 2 nitrogen and oxygen atoms in total. The van der Waals surface area contributed by atoms with Gasteiger partial charge in [-0.25, -0.2) is 4.21 Å². The summed E-state index contributed by atoms with van der Waals surface area (Å²) in [6.07, 6.45) is 0. The molecular weight excluding hydrogens is 268 g/mol. The molecule has 2 rings (SSSR count). The number of benzene rings is 2. The molecule has 0 fully saturated rings. The maximum absolute atomic E-state index is 12.7. The SMILES string of the molecule is CC(=O)C(C)c1ccccc1[S@@](=O)c1ccc(C)cc1. The minimum Gasteiger partial charge on any atom is -0.299 e. The second-order valence-corrected chi connectivity index (χ2v) is 6.40. The van der Waals surface area contributed by atoms with Crippen molar-refractivity contribution in [3.63, 3.8) is 0 Å². The molecule has 0 spiro atoms. The molecule has 0 aliphatic heterocycles. The molecule has 0 bridgehead atoms. The van der Waals surface area contributed by atoms with Crippen molar-refractivity contribution < 1.29 is 9.00 Å². The predicted octanol–water partition coefficient (Wildman–Crippen LogP) is 3.85. The van der Waals surface area contributed by atoms with Gasteiger partial charge in [0.2, 0.25) is 0 Å². The zero-order chi connectivity index (χ0) is 14.7. The molecule has 0 saturated carbocycles. The van der Waals surface area contributed by atoms with Crippen molar-refractivity contribution in [3.05, 3.63) is 59.7 Å². The first-order chi connectivity index (χ1) is 9.50. The first kappa shape index (κ1) is 14.7. The maximum atomic E-state index is 12.7. The van der Waals surface area contributed by atoms with E-state index in [1.165, 1.54) is 0 Å². The van der Waals surface area contributed by atoms with E-state index >= 15 is 0 Å². The Morgan fingerprint density at radius 2 is 1.65 bits per heavy atom. The third kappa shape index (κ3) is 3.05. The van der Waals surface area contributed by atoms with Crippen molar-refractivity contribution in [2.75, 3.05) is 0 Å². The van der Waals surface area contributed by atoms with E-state index in [2.05, 4.69) is 0 Å². The largest absolute Gasteiger partial charge is 0.299 e. The lowest BCUT2D eigenvalue weighted by Crippen LogP contribution is -2.08. The predicted molar refractivity (Wildman–Crippen MR) is 81.4 cm³/mol. The van der Waals surface area contributed by atoms with Gasteiger partial charge in [-0.2, -0.15) is 0 Å². The minimum atomic E-state index is -1.26. The summed E-state index contributed by atoms with van der Waals surface area (Å²) in [5, 5.41) is 0. The molecule has 3 heteroatoms. The molecule has 2 aromatic carbocycles. The molecule has 0 saturated heterocycles. The van der Waals surface area contributed by atoms with Crippen LogP contribution in [0.15, 0.2) is 58.3 Å². The minimum absolute atomic E-state index is 0.0818. The Kier molecular flexibility index (Phi) is 4.50. The van der Waals surface area contributed by atoms with Crippen LogP contribution in [0.2, 0.25) is 0 Å². The molecule has 0 aliphatic carbocycles. The van der Waals surface area contributed by atoms with Crippen molar-refractivity contribution >= 4 is 16.6 Å². The first-order valence-corrected chi connectivity index (χ1v) is 7.73. The lowest BCUT2D eigenvalue weighted by molar-refractivity contribution is -0.118. The summed E-state index contributed by atoms with van der Waals surface area (Å²) < 4.78 is 12.7. The Labute approximate surface area is 122 Å². The fourth-order valence-corrected chi connectivity index (χ4v) is 3.31. The van der Waals surface area contributed by atoms with Crippen LogP contribution < -0.4 is 0 Å². The van der Waals surface area contributed by atoms with Crippen molar-refractivity contribution in [1.29, 1.82) is 0 Å². The number of hydrogen-bond acceptors (Lipinski definition) is 2. The van der Waals surface area contributed by atoms with Gasteiger partial charge < -0.3 is 0 Å². The second-order valence-electron chi connectivity index (χ2n) is 4.95. The summed E-state index contributed by atoms with van der Waals surface area (Å²) in [4.78, 5) is 13.1. The summed E-state index contributed by atoms with van der Waals surface area (Å²) in [5.74, 6) is -0.154. The summed E-state index contributed by atoms with van der Waals surface area (Å²) in [5.41, 5.74) is 1.98. The molecule has 0 aliphatic rings. The smallest absolute Gasteiger partial charge is 0.137 e. The Balaban J connectivity index is 2.45. The van der Waals surface area contributed by atoms with Crippen LogP contribution in [0.25, 0.3) is 0 Å². The molecule has 104 valence electrons. The number of ketones is 1. The van der Waals surface area contributed by atoms with Crippen LogP contribution in [0.4, 0.5) is 0 Å². The molecule has 0 radical (unpaired) electrons. The highest BCUT2D eigenvalue weighted by Gasteiger charge is 2.18. The lowest BCUT2D eigenvalue weighted by Gasteiger charge is -2.13. The molecule has 20 heavy (non-hydrogen) atoms. The molecule has 0 heterocycles. The van der Waals surface area contributed by atoms with Gasteiger partial charge in [0, 0.05) is 15.7 Å². The van der Waals surface area contributed by atoms with E-state index in [0.717, 1.165) is 20.9 Å². The van der Waals surface area contributed by atoms with Crippen molar-refractivity contribution in [2.45, 2.75) is 36.5 Å². The van der Waals surface area contributed by atoms with Gasteiger partial charge in [0.15, 0.2) is 0 Å². The van der Waals surface area contributed by atoms with Crippen LogP contribution in [0.3, 0.4) is 0 Å². The Morgan fingerprint density at radius 3 is 2.25 bits per heavy atom. The van der Waals surface area contributed by atoms with Gasteiger partial charge in [-0.3, -0.25) is 4.79 Å². The molecule has 0 aromatic heterocycles. The van der Waals surface area contributed by atoms with E-state index in [1.807, 2.05) is 62.4 Å². The number of hydrogen-bond donors (Lipinski definition) is 0. The van der Waals surface area contributed by atoms with Gasteiger partial charge >= 0.3 is 0 Å². The van der Waals surface area contributed by atoms with Crippen LogP contribution in [0.1, 0.15) is 30.9 Å². The van der Waals surface area contributed by atoms with Gasteiger partial charge in [0.25, 0.3) is 0 Å². The van der Waals surface area contributed by atoms with E-state index in [1.54, 1.807) is 6.92 Å². The molecular formula is C17H18O2S. The first-order valence-electron chi connectivity index (χ1n) is 6.58. The topological polar surface area (TPSA) is 34.1 Å². The summed E-state index contributed by atoms with van der Waals surface area (Å²) in [6.45, 7) is 5.42. The maximum Gasteiger partial charge on any atom is 0.137 e. The fourth-order valence-electron chi connectivity index (χ4n) is 2.01. The van der Waals surface area contributed by atoms with Crippen molar-refractivity contribution in [3.8, 4) is 0 Å². The normalized spacial score (nSPS) is 13.8. The van der Waals surface area contributed by atoms with E-state index in [0.29, 0.717) is 0 Å². The second kappa shape index (κ2) is 6.14. The molecule has 2 aromatic rings. The third-order valence-corrected chi connectivity index (χ3v) is 4.90. The number of carbonyl (C=O) groups excluding carboxylic acids is 1. The van der Waals surface area contributed by atoms with Gasteiger partial charge in [-0.05, 0) is 37.6 Å². The van der Waals surface area contributed by atoms with Crippen molar-refractivity contribution in [1.82, 2.24) is 0 Å². The molecule has 0 amide bonds. The number of aryl methyl sites for hydroxylation is 1.